The molecule has 2 atom stereocenters. The first-order valence-electron chi connectivity index (χ1n) is 8.12. The van der Waals surface area contributed by atoms with E-state index in [1.165, 1.54) is 6.92 Å². The Kier molecular flexibility index (Phi) is 4.89. The van der Waals surface area contributed by atoms with E-state index in [0.29, 0.717) is 6.54 Å². The third-order valence-corrected chi connectivity index (χ3v) is 7.43. The lowest BCUT2D eigenvalue weighted by Crippen LogP contribution is -2.43. The highest BCUT2D eigenvalue weighted by Crippen LogP contribution is 2.36. The van der Waals surface area contributed by atoms with E-state index >= 15 is 0 Å². The molecule has 130 valence electrons. The maximum Gasteiger partial charge on any atom is 0.241 e. The van der Waals surface area contributed by atoms with E-state index in [4.69, 9.17) is 0 Å². The fraction of sp³-hybridized carbons (Fsp3) is 0.750. The molecule has 1 aromatic rings. The molecule has 1 fully saturated rings. The lowest BCUT2D eigenvalue weighted by molar-refractivity contribution is -0.131. The smallest absolute Gasteiger partial charge is 0.241 e. The molecule has 0 N–H and O–H groups in total. The fourth-order valence-corrected chi connectivity index (χ4v) is 4.62. The fourth-order valence-electron chi connectivity index (χ4n) is 3.39. The molecule has 0 unspecified atom stereocenters. The largest absolute Gasteiger partial charge is 0.334 e. The van der Waals surface area contributed by atoms with Gasteiger partial charge in [-0.25, -0.2) is 8.42 Å². The zero-order valence-corrected chi connectivity index (χ0v) is 15.6. The first-order valence-corrected chi connectivity index (χ1v) is 9.73. The molecule has 6 nitrogen and oxygen atoms in total. The van der Waals surface area contributed by atoms with E-state index in [2.05, 4.69) is 5.10 Å². The van der Waals surface area contributed by atoms with Crippen LogP contribution in [0.4, 0.5) is 0 Å². The van der Waals surface area contributed by atoms with E-state index in [1.807, 2.05) is 25.6 Å². The predicted octanol–water partition coefficient (Wildman–Crippen LogP) is 1.91. The van der Waals surface area contributed by atoms with Gasteiger partial charge in [0.1, 0.15) is 5.25 Å². The number of rotatable bonds is 4. The van der Waals surface area contributed by atoms with Crippen molar-refractivity contribution in [2.24, 2.45) is 7.05 Å². The quantitative estimate of drug-likeness (QED) is 0.839. The summed E-state index contributed by atoms with van der Waals surface area (Å²) in [5.41, 5.74) is 3.01. The minimum atomic E-state index is -3.45. The predicted molar refractivity (Wildman–Crippen MR) is 89.9 cm³/mol. The molecular formula is C16H27N3O3S. The Morgan fingerprint density at radius 1 is 1.26 bits per heavy atom. The van der Waals surface area contributed by atoms with Crippen LogP contribution < -0.4 is 0 Å². The number of hydrogen-bond acceptors (Lipinski definition) is 4. The zero-order chi connectivity index (χ0) is 17.5. The maximum absolute atomic E-state index is 12.8. The van der Waals surface area contributed by atoms with Gasteiger partial charge >= 0.3 is 0 Å². The number of aryl methyl sites for hydroxylation is 2. The highest BCUT2D eigenvalue weighted by Gasteiger charge is 2.40. The second kappa shape index (κ2) is 6.26. The molecule has 23 heavy (non-hydrogen) atoms. The first-order chi connectivity index (χ1) is 10.6. The molecule has 2 heterocycles. The summed E-state index contributed by atoms with van der Waals surface area (Å²) >= 11 is 0. The summed E-state index contributed by atoms with van der Waals surface area (Å²) in [6.45, 7) is 9.29. The van der Waals surface area contributed by atoms with Crippen LogP contribution in [0, 0.1) is 13.8 Å². The number of hydrogen-bond donors (Lipinski definition) is 0. The highest BCUT2D eigenvalue weighted by molar-refractivity contribution is 7.93. The summed E-state index contributed by atoms with van der Waals surface area (Å²) < 4.78 is 26.5. The maximum atomic E-state index is 12.8. The number of aromatic nitrogens is 2. The lowest BCUT2D eigenvalue weighted by atomic mass is 10.0. The van der Waals surface area contributed by atoms with Gasteiger partial charge in [-0.3, -0.25) is 9.48 Å². The first kappa shape index (κ1) is 18.0. The van der Waals surface area contributed by atoms with E-state index in [0.717, 1.165) is 29.8 Å². The molecule has 1 amide bonds. The summed E-state index contributed by atoms with van der Waals surface area (Å²) in [6, 6.07) is -0.0685. The molecule has 1 aromatic heterocycles. The van der Waals surface area contributed by atoms with Crippen molar-refractivity contribution in [2.45, 2.75) is 64.0 Å². The van der Waals surface area contributed by atoms with Crippen molar-refractivity contribution in [3.8, 4) is 0 Å². The van der Waals surface area contributed by atoms with Gasteiger partial charge in [-0.2, -0.15) is 5.10 Å². The highest BCUT2D eigenvalue weighted by atomic mass is 32.2. The van der Waals surface area contributed by atoms with Crippen LogP contribution in [0.2, 0.25) is 0 Å². The average Bonchev–Trinajstić information content (AvgIpc) is 3.02. The summed E-state index contributed by atoms with van der Waals surface area (Å²) in [5.74, 6) is -0.288. The molecule has 1 saturated heterocycles. The zero-order valence-electron chi connectivity index (χ0n) is 14.8. The second-order valence-corrected chi connectivity index (χ2v) is 9.51. The number of nitrogens with zero attached hydrogens (tertiary/aromatic N) is 3. The van der Waals surface area contributed by atoms with Crippen LogP contribution in [0.5, 0.6) is 0 Å². The molecule has 0 aliphatic carbocycles. The third kappa shape index (κ3) is 3.03. The van der Waals surface area contributed by atoms with Gasteiger partial charge < -0.3 is 4.90 Å². The summed E-state index contributed by atoms with van der Waals surface area (Å²) in [5, 5.41) is 2.88. The molecular weight excluding hydrogens is 314 g/mol. The summed E-state index contributed by atoms with van der Waals surface area (Å²) in [7, 11) is -1.56. The van der Waals surface area contributed by atoms with Gasteiger partial charge in [0.2, 0.25) is 5.91 Å². The van der Waals surface area contributed by atoms with Crippen molar-refractivity contribution >= 4 is 15.7 Å². The molecule has 0 spiro atoms. The van der Waals surface area contributed by atoms with Gasteiger partial charge in [0, 0.05) is 24.8 Å². The number of carbonyl (C=O) groups excluding carboxylic acids is 1. The average molecular weight is 341 g/mol. The van der Waals surface area contributed by atoms with E-state index in [9.17, 15) is 13.2 Å². The number of sulfone groups is 1. The topological polar surface area (TPSA) is 72.3 Å². The third-order valence-electron chi connectivity index (χ3n) is 4.93. The van der Waals surface area contributed by atoms with E-state index in [-0.39, 0.29) is 11.9 Å². The summed E-state index contributed by atoms with van der Waals surface area (Å²) in [6.07, 6.45) is 1.74. The second-order valence-electron chi connectivity index (χ2n) is 6.68. The number of carbonyl (C=O) groups is 1. The van der Waals surface area contributed by atoms with Gasteiger partial charge in [-0.15, -0.1) is 0 Å². The number of likely N-dealkylation sites (tertiary alicyclic amines) is 1. The van der Waals surface area contributed by atoms with Gasteiger partial charge in [0.25, 0.3) is 0 Å². The Bertz CT molecular complexity index is 706. The molecule has 1 aliphatic heterocycles. The Hall–Kier alpha value is -1.37. The van der Waals surface area contributed by atoms with Crippen molar-refractivity contribution in [3.63, 3.8) is 0 Å². The molecule has 2 rings (SSSR count). The minimum Gasteiger partial charge on any atom is -0.334 e. The van der Waals surface area contributed by atoms with Gasteiger partial charge in [0.15, 0.2) is 9.84 Å². The SMILES string of the molecule is Cc1nn(C)c(C)c1[C@@H]1CCCN1C(=O)[C@H](C)S(=O)(=O)C(C)C. The molecule has 0 bridgehead atoms. The number of amides is 1. The van der Waals surface area contributed by atoms with Gasteiger partial charge in [0.05, 0.1) is 17.0 Å². The van der Waals surface area contributed by atoms with E-state index in [1.54, 1.807) is 18.7 Å². The van der Waals surface area contributed by atoms with Crippen molar-refractivity contribution in [1.29, 1.82) is 0 Å². The van der Waals surface area contributed by atoms with Crippen molar-refractivity contribution in [2.75, 3.05) is 6.54 Å². The lowest BCUT2D eigenvalue weighted by Gasteiger charge is -2.28. The van der Waals surface area contributed by atoms with Crippen molar-refractivity contribution < 1.29 is 13.2 Å². The van der Waals surface area contributed by atoms with Crippen LogP contribution in [-0.2, 0) is 21.7 Å². The Morgan fingerprint density at radius 2 is 1.87 bits per heavy atom. The van der Waals surface area contributed by atoms with Gasteiger partial charge in [-0.05, 0) is 47.5 Å². The Labute approximate surface area is 138 Å². The van der Waals surface area contributed by atoms with Crippen LogP contribution >= 0.6 is 0 Å². The molecule has 0 radical (unpaired) electrons. The van der Waals surface area contributed by atoms with Crippen LogP contribution in [0.1, 0.15) is 56.6 Å². The Morgan fingerprint density at radius 3 is 2.35 bits per heavy atom. The van der Waals surface area contributed by atoms with Crippen LogP contribution in [0.15, 0.2) is 0 Å². The summed E-state index contributed by atoms with van der Waals surface area (Å²) in [4.78, 5) is 14.6. The molecule has 0 aromatic carbocycles. The van der Waals surface area contributed by atoms with E-state index < -0.39 is 20.3 Å². The van der Waals surface area contributed by atoms with Crippen molar-refractivity contribution in [3.05, 3.63) is 17.0 Å². The van der Waals surface area contributed by atoms with Gasteiger partial charge in [-0.1, -0.05) is 0 Å². The molecule has 1 aliphatic rings. The minimum absolute atomic E-state index is 0.0685. The molecule has 0 saturated carbocycles. The van der Waals surface area contributed by atoms with Crippen molar-refractivity contribution in [1.82, 2.24) is 14.7 Å². The standard InChI is InChI=1S/C16H27N3O3S/c1-10(2)23(21,22)13(5)16(20)19-9-7-8-14(19)15-11(3)17-18(6)12(15)4/h10,13-14H,7-9H2,1-6H3/t13-,14-/m0/s1. The Balaban J connectivity index is 2.34. The molecule has 7 heteroatoms. The van der Waals surface area contributed by atoms with Crippen LogP contribution in [0.3, 0.4) is 0 Å². The van der Waals surface area contributed by atoms with Crippen LogP contribution in [-0.4, -0.2) is 46.1 Å². The monoisotopic (exact) mass is 341 g/mol. The normalized spacial score (nSPS) is 20.3. The van der Waals surface area contributed by atoms with Crippen LogP contribution in [0.25, 0.3) is 0 Å².